The van der Waals surface area contributed by atoms with Crippen molar-refractivity contribution in [1.29, 1.82) is 0 Å². The van der Waals surface area contributed by atoms with Gasteiger partial charge in [-0.1, -0.05) is 38.7 Å². The Morgan fingerprint density at radius 1 is 1.22 bits per heavy atom. The van der Waals surface area contributed by atoms with Crippen LogP contribution >= 0.6 is 0 Å². The van der Waals surface area contributed by atoms with E-state index in [0.29, 0.717) is 42.6 Å². The standard InChI is InChI=1S/C29H37N3O5/c1-19(2)7-6-8-22-11-24-28(30-13-22)37-27(20(3)14-32(29(24)34)21(4)17-33)16-31(5)15-23-9-10-25-26(12-23)36-18-35-25/h9-13,19-21,27,33H,7,14-18H2,1-5H3/t20-,21+,27-/m1/s1. The number of amides is 1. The molecule has 1 amide bonds. The van der Waals surface area contributed by atoms with Gasteiger partial charge in [-0.2, -0.15) is 0 Å². The third-order valence-electron chi connectivity index (χ3n) is 6.65. The first-order valence-corrected chi connectivity index (χ1v) is 12.9. The van der Waals surface area contributed by atoms with Gasteiger partial charge in [0.15, 0.2) is 11.5 Å². The van der Waals surface area contributed by atoms with Gasteiger partial charge in [0.2, 0.25) is 12.7 Å². The highest BCUT2D eigenvalue weighted by Crippen LogP contribution is 2.33. The summed E-state index contributed by atoms with van der Waals surface area (Å²) in [6.45, 7) is 10.1. The van der Waals surface area contributed by atoms with Crippen LogP contribution in [-0.4, -0.2) is 71.5 Å². The van der Waals surface area contributed by atoms with E-state index in [2.05, 4.69) is 42.5 Å². The van der Waals surface area contributed by atoms with E-state index < -0.39 is 0 Å². The predicted molar refractivity (Wildman–Crippen MR) is 141 cm³/mol. The van der Waals surface area contributed by atoms with E-state index in [4.69, 9.17) is 14.2 Å². The molecule has 8 nitrogen and oxygen atoms in total. The highest BCUT2D eigenvalue weighted by molar-refractivity contribution is 5.97. The minimum absolute atomic E-state index is 0.0117. The molecule has 2 aliphatic rings. The van der Waals surface area contributed by atoms with Crippen LogP contribution in [0.5, 0.6) is 17.4 Å². The quantitative estimate of drug-likeness (QED) is 0.574. The Hall–Kier alpha value is -3.28. The zero-order chi connectivity index (χ0) is 26.5. The molecule has 8 heteroatoms. The molecule has 0 saturated heterocycles. The number of carbonyl (C=O) groups is 1. The number of pyridine rings is 1. The summed E-state index contributed by atoms with van der Waals surface area (Å²) in [5, 5.41) is 9.88. The maximum Gasteiger partial charge on any atom is 0.259 e. The highest BCUT2D eigenvalue weighted by atomic mass is 16.7. The number of aliphatic hydroxyl groups excluding tert-OH is 1. The fourth-order valence-electron chi connectivity index (χ4n) is 4.47. The first kappa shape index (κ1) is 26.8. The molecule has 0 radical (unpaired) electrons. The molecule has 3 heterocycles. The number of nitrogens with zero attached hydrogens (tertiary/aromatic N) is 3. The molecule has 2 aromatic rings. The van der Waals surface area contributed by atoms with Crippen molar-refractivity contribution in [3.8, 4) is 29.2 Å². The lowest BCUT2D eigenvalue weighted by molar-refractivity contribution is 0.0325. The van der Waals surface area contributed by atoms with Gasteiger partial charge in [-0.05, 0) is 43.7 Å². The normalized spacial score (nSPS) is 19.6. The summed E-state index contributed by atoms with van der Waals surface area (Å²) < 4.78 is 17.3. The Bertz CT molecular complexity index is 1170. The second-order valence-corrected chi connectivity index (χ2v) is 10.5. The number of fused-ring (bicyclic) bond motifs is 2. The van der Waals surface area contributed by atoms with Crippen LogP contribution in [0.1, 0.15) is 55.6 Å². The van der Waals surface area contributed by atoms with Gasteiger partial charge in [0.25, 0.3) is 5.91 Å². The Kier molecular flexibility index (Phi) is 8.57. The maximum atomic E-state index is 13.5. The molecular formula is C29H37N3O5. The number of likely N-dealkylation sites (N-methyl/N-ethyl adjacent to an activating group) is 1. The number of rotatable bonds is 7. The number of carbonyl (C=O) groups excluding carboxylic acids is 1. The number of aromatic nitrogens is 1. The van der Waals surface area contributed by atoms with Gasteiger partial charge < -0.3 is 24.2 Å². The molecule has 4 rings (SSSR count). The van der Waals surface area contributed by atoms with Crippen molar-refractivity contribution < 1.29 is 24.1 Å². The molecule has 1 N–H and O–H groups in total. The number of aliphatic hydroxyl groups is 1. The topological polar surface area (TPSA) is 84.4 Å². The van der Waals surface area contributed by atoms with Gasteiger partial charge in [0.05, 0.1) is 12.6 Å². The lowest BCUT2D eigenvalue weighted by atomic mass is 9.99. The van der Waals surface area contributed by atoms with Crippen molar-refractivity contribution in [2.75, 3.05) is 33.5 Å². The van der Waals surface area contributed by atoms with Crippen molar-refractivity contribution in [3.63, 3.8) is 0 Å². The predicted octanol–water partition coefficient (Wildman–Crippen LogP) is 3.56. The average Bonchev–Trinajstić information content (AvgIpc) is 3.33. The molecule has 1 aromatic carbocycles. The molecule has 2 aliphatic heterocycles. The van der Waals surface area contributed by atoms with Crippen LogP contribution in [0.25, 0.3) is 0 Å². The van der Waals surface area contributed by atoms with E-state index in [0.717, 1.165) is 23.5 Å². The second kappa shape index (κ2) is 11.8. The second-order valence-electron chi connectivity index (χ2n) is 10.5. The van der Waals surface area contributed by atoms with E-state index in [1.165, 1.54) is 0 Å². The number of ether oxygens (including phenoxy) is 3. The summed E-state index contributed by atoms with van der Waals surface area (Å²) in [4.78, 5) is 22.0. The molecule has 3 atom stereocenters. The fourth-order valence-corrected chi connectivity index (χ4v) is 4.47. The Labute approximate surface area is 219 Å². The first-order chi connectivity index (χ1) is 17.7. The molecule has 0 fully saturated rings. The van der Waals surface area contributed by atoms with E-state index >= 15 is 0 Å². The van der Waals surface area contributed by atoms with Crippen LogP contribution in [0.3, 0.4) is 0 Å². The molecule has 0 bridgehead atoms. The average molecular weight is 508 g/mol. The van der Waals surface area contributed by atoms with Crippen molar-refractivity contribution >= 4 is 5.91 Å². The van der Waals surface area contributed by atoms with E-state index in [-0.39, 0.29) is 37.4 Å². The smallest absolute Gasteiger partial charge is 0.259 e. The third-order valence-corrected chi connectivity index (χ3v) is 6.65. The van der Waals surface area contributed by atoms with Gasteiger partial charge in [-0.25, -0.2) is 4.98 Å². The summed E-state index contributed by atoms with van der Waals surface area (Å²) in [6.07, 6.45) is 2.22. The molecule has 0 saturated carbocycles. The lowest BCUT2D eigenvalue weighted by Crippen LogP contribution is -2.49. The number of benzene rings is 1. The van der Waals surface area contributed by atoms with E-state index in [1.54, 1.807) is 17.2 Å². The Balaban J connectivity index is 1.57. The van der Waals surface area contributed by atoms with Crippen LogP contribution in [0.2, 0.25) is 0 Å². The molecule has 1 aromatic heterocycles. The molecule has 0 spiro atoms. The number of hydrogen-bond acceptors (Lipinski definition) is 7. The van der Waals surface area contributed by atoms with Gasteiger partial charge in [0, 0.05) is 43.7 Å². The molecule has 37 heavy (non-hydrogen) atoms. The zero-order valence-corrected chi connectivity index (χ0v) is 22.4. The minimum atomic E-state index is -0.330. The van der Waals surface area contributed by atoms with Crippen molar-refractivity contribution in [2.45, 2.75) is 52.8 Å². The van der Waals surface area contributed by atoms with Crippen molar-refractivity contribution in [2.24, 2.45) is 11.8 Å². The van der Waals surface area contributed by atoms with Crippen LogP contribution < -0.4 is 14.2 Å². The maximum absolute atomic E-state index is 13.5. The molecule has 0 aliphatic carbocycles. The molecular weight excluding hydrogens is 470 g/mol. The molecule has 198 valence electrons. The van der Waals surface area contributed by atoms with Gasteiger partial charge in [0.1, 0.15) is 11.7 Å². The highest BCUT2D eigenvalue weighted by Gasteiger charge is 2.34. The van der Waals surface area contributed by atoms with Crippen LogP contribution in [0.4, 0.5) is 0 Å². The first-order valence-electron chi connectivity index (χ1n) is 12.9. The van der Waals surface area contributed by atoms with Crippen molar-refractivity contribution in [1.82, 2.24) is 14.8 Å². The van der Waals surface area contributed by atoms with Crippen LogP contribution in [-0.2, 0) is 6.54 Å². The largest absolute Gasteiger partial charge is 0.472 e. The SMILES string of the molecule is CC(C)CC#Cc1cnc2c(c1)C(=O)N([C@@H](C)CO)C[C@@H](C)[C@@H](CN(C)Cc1ccc3c(c1)OCO3)O2. The van der Waals surface area contributed by atoms with Gasteiger partial charge >= 0.3 is 0 Å². The van der Waals surface area contributed by atoms with E-state index in [9.17, 15) is 9.90 Å². The summed E-state index contributed by atoms with van der Waals surface area (Å²) in [5.41, 5.74) is 2.17. The zero-order valence-electron chi connectivity index (χ0n) is 22.4. The Morgan fingerprint density at radius 3 is 2.76 bits per heavy atom. The summed E-state index contributed by atoms with van der Waals surface area (Å²) >= 11 is 0. The minimum Gasteiger partial charge on any atom is -0.472 e. The van der Waals surface area contributed by atoms with E-state index in [1.807, 2.05) is 32.2 Å². The third kappa shape index (κ3) is 6.54. The summed E-state index contributed by atoms with van der Waals surface area (Å²) in [6, 6.07) is 7.40. The van der Waals surface area contributed by atoms with Crippen molar-refractivity contribution in [3.05, 3.63) is 47.2 Å². The van der Waals surface area contributed by atoms with Crippen LogP contribution in [0, 0.1) is 23.7 Å². The van der Waals surface area contributed by atoms with Gasteiger partial charge in [-0.3, -0.25) is 9.69 Å². The number of hydrogen-bond donors (Lipinski definition) is 1. The summed E-state index contributed by atoms with van der Waals surface area (Å²) in [5.74, 6) is 8.39. The Morgan fingerprint density at radius 2 is 2.00 bits per heavy atom. The monoisotopic (exact) mass is 507 g/mol. The van der Waals surface area contributed by atoms with Crippen LogP contribution in [0.15, 0.2) is 30.5 Å². The van der Waals surface area contributed by atoms with Gasteiger partial charge in [-0.15, -0.1) is 0 Å². The molecule has 0 unspecified atom stereocenters. The lowest BCUT2D eigenvalue weighted by Gasteiger charge is -2.37. The summed E-state index contributed by atoms with van der Waals surface area (Å²) in [7, 11) is 2.04. The fraction of sp³-hybridized carbons (Fsp3) is 0.517.